The van der Waals surface area contributed by atoms with Gasteiger partial charge in [-0.25, -0.2) is 4.79 Å². The van der Waals surface area contributed by atoms with Gasteiger partial charge in [0.05, 0.1) is 17.0 Å². The number of rotatable bonds is 7. The van der Waals surface area contributed by atoms with Gasteiger partial charge in [0.25, 0.3) is 5.91 Å². The third-order valence-electron chi connectivity index (χ3n) is 3.49. The molecule has 2 N–H and O–H groups in total. The first-order chi connectivity index (χ1) is 11.5. The Morgan fingerprint density at radius 1 is 1.28 bits per heavy atom. The molecule has 0 aliphatic heterocycles. The summed E-state index contributed by atoms with van der Waals surface area (Å²) in [5, 5.41) is 11.8. The lowest BCUT2D eigenvalue weighted by Crippen LogP contribution is -3.00. The average Bonchev–Trinajstić information content (AvgIpc) is 2.89. The summed E-state index contributed by atoms with van der Waals surface area (Å²) in [5.41, 5.74) is 3.94. The van der Waals surface area contributed by atoms with Crippen LogP contribution in [0, 0.1) is 6.92 Å². The van der Waals surface area contributed by atoms with Gasteiger partial charge in [0.1, 0.15) is 0 Å². The number of aromatic nitrogens is 1. The van der Waals surface area contributed by atoms with Crippen molar-refractivity contribution in [3.8, 4) is 0 Å². The van der Waals surface area contributed by atoms with E-state index in [2.05, 4.69) is 5.32 Å². The molecule has 0 aliphatic carbocycles. The summed E-state index contributed by atoms with van der Waals surface area (Å²) in [5.74, 6) is -0.531. The minimum absolute atomic E-state index is 0. The molecule has 2 aromatic rings. The van der Waals surface area contributed by atoms with Crippen LogP contribution in [0.15, 0.2) is 29.8 Å². The van der Waals surface area contributed by atoms with E-state index < -0.39 is 0 Å². The normalized spacial score (nSPS) is 10.0. The summed E-state index contributed by atoms with van der Waals surface area (Å²) in [6, 6.07) is 6.59. The molecule has 136 valence electrons. The fraction of sp³-hybridized carbons (Fsp3) is 0.353. The fourth-order valence-corrected chi connectivity index (χ4v) is 3.19. The number of esters is 1. The summed E-state index contributed by atoms with van der Waals surface area (Å²) in [6.45, 7) is 4.31. The predicted molar refractivity (Wildman–Crippen MR) is 91.1 cm³/mol. The molecule has 0 radical (unpaired) electrons. The minimum Gasteiger partial charge on any atom is -1.00 e. The van der Waals surface area contributed by atoms with Crippen LogP contribution in [0.2, 0.25) is 0 Å². The van der Waals surface area contributed by atoms with Crippen LogP contribution in [0.5, 0.6) is 0 Å². The number of halogens is 1. The zero-order valence-electron chi connectivity index (χ0n) is 14.1. The van der Waals surface area contributed by atoms with E-state index in [9.17, 15) is 9.59 Å². The largest absolute Gasteiger partial charge is 1.00 e. The predicted octanol–water partition coefficient (Wildman–Crippen LogP) is -1.30. The summed E-state index contributed by atoms with van der Waals surface area (Å²) >= 11 is 1.53. The molecule has 0 bridgehead atoms. The van der Waals surface area contributed by atoms with E-state index in [1.165, 1.54) is 11.3 Å². The van der Waals surface area contributed by atoms with Crippen molar-refractivity contribution in [2.45, 2.75) is 26.8 Å². The topological polar surface area (TPSA) is 79.5 Å². The molecule has 25 heavy (non-hydrogen) atoms. The smallest absolute Gasteiger partial charge is 0.338 e. The molecular weight excluding hydrogens is 408 g/mol. The summed E-state index contributed by atoms with van der Waals surface area (Å²) in [7, 11) is 0. The molecule has 8 heteroatoms. The van der Waals surface area contributed by atoms with Gasteiger partial charge in [-0.2, -0.15) is 4.57 Å². The second kappa shape index (κ2) is 10.3. The van der Waals surface area contributed by atoms with Crippen molar-refractivity contribution in [2.75, 3.05) is 18.5 Å². The van der Waals surface area contributed by atoms with E-state index in [4.69, 9.17) is 9.84 Å². The standard InChI is InChI=1S/C17H20N2O4S.BrH/c1-3-23-17(22)13-4-6-14(7-5-13)18-16(21)10-19-11-24-15(8-9-20)12(19)2;/h4-7,11,20H,3,8-10H2,1-2H3;1H. The Labute approximate surface area is 161 Å². The van der Waals surface area contributed by atoms with E-state index in [-0.39, 0.29) is 42.0 Å². The zero-order chi connectivity index (χ0) is 17.5. The number of nitrogens with zero attached hydrogens (tertiary/aromatic N) is 1. The van der Waals surface area contributed by atoms with Gasteiger partial charge in [-0.05, 0) is 31.2 Å². The number of ether oxygens (including phenoxy) is 1. The molecule has 0 saturated heterocycles. The quantitative estimate of drug-likeness (QED) is 0.424. The van der Waals surface area contributed by atoms with Gasteiger partial charge in [0.2, 0.25) is 12.1 Å². The van der Waals surface area contributed by atoms with Crippen LogP contribution in [0.1, 0.15) is 27.9 Å². The summed E-state index contributed by atoms with van der Waals surface area (Å²) < 4.78 is 6.78. The van der Waals surface area contributed by atoms with Crippen LogP contribution >= 0.6 is 11.3 Å². The van der Waals surface area contributed by atoms with Crippen molar-refractivity contribution < 1.29 is 41.0 Å². The molecule has 6 nitrogen and oxygen atoms in total. The van der Waals surface area contributed by atoms with Crippen molar-refractivity contribution in [3.05, 3.63) is 45.9 Å². The van der Waals surface area contributed by atoms with Gasteiger partial charge >= 0.3 is 5.97 Å². The number of hydrogen-bond donors (Lipinski definition) is 2. The van der Waals surface area contributed by atoms with E-state index >= 15 is 0 Å². The number of thiazole rings is 1. The van der Waals surface area contributed by atoms with Gasteiger partial charge in [0.15, 0.2) is 5.69 Å². The molecule has 1 aromatic heterocycles. The monoisotopic (exact) mass is 428 g/mol. The molecule has 1 aromatic carbocycles. The van der Waals surface area contributed by atoms with Crippen LogP contribution in [-0.4, -0.2) is 30.2 Å². The maximum Gasteiger partial charge on any atom is 0.338 e. The van der Waals surface area contributed by atoms with Gasteiger partial charge < -0.3 is 32.1 Å². The molecule has 1 heterocycles. The maximum absolute atomic E-state index is 12.2. The lowest BCUT2D eigenvalue weighted by atomic mass is 10.2. The molecule has 0 unspecified atom stereocenters. The number of anilines is 1. The van der Waals surface area contributed by atoms with Crippen molar-refractivity contribution >= 4 is 28.9 Å². The highest BCUT2D eigenvalue weighted by atomic mass is 79.9. The van der Waals surface area contributed by atoms with E-state index in [1.807, 2.05) is 17.0 Å². The van der Waals surface area contributed by atoms with Crippen LogP contribution in [-0.2, 0) is 22.5 Å². The maximum atomic E-state index is 12.2. The van der Waals surface area contributed by atoms with Gasteiger partial charge in [-0.3, -0.25) is 4.79 Å². The van der Waals surface area contributed by atoms with E-state index in [1.54, 1.807) is 31.2 Å². The number of aliphatic hydroxyl groups is 1. The Balaban J connectivity index is 0.00000312. The molecule has 0 saturated carbocycles. The second-order valence-electron chi connectivity index (χ2n) is 5.18. The number of carbonyl (C=O) groups is 2. The Hall–Kier alpha value is -1.77. The number of benzene rings is 1. The van der Waals surface area contributed by atoms with Gasteiger partial charge in [-0.1, -0.05) is 11.3 Å². The highest BCUT2D eigenvalue weighted by molar-refractivity contribution is 7.09. The lowest BCUT2D eigenvalue weighted by Gasteiger charge is -2.05. The molecule has 0 atom stereocenters. The Morgan fingerprint density at radius 2 is 1.96 bits per heavy atom. The number of carbonyl (C=O) groups excluding carboxylic acids is 2. The van der Waals surface area contributed by atoms with Crippen LogP contribution in [0.3, 0.4) is 0 Å². The molecule has 0 aliphatic rings. The summed E-state index contributed by atoms with van der Waals surface area (Å²) in [4.78, 5) is 24.8. The number of nitrogens with one attached hydrogen (secondary N) is 1. The van der Waals surface area contributed by atoms with E-state index in [0.29, 0.717) is 24.3 Å². The molecule has 0 fully saturated rings. The first kappa shape index (κ1) is 21.3. The first-order valence-electron chi connectivity index (χ1n) is 7.69. The molecule has 1 amide bonds. The zero-order valence-corrected chi connectivity index (χ0v) is 16.5. The molecule has 2 rings (SSSR count). The van der Waals surface area contributed by atoms with Crippen molar-refractivity contribution in [1.29, 1.82) is 0 Å². The van der Waals surface area contributed by atoms with Crippen molar-refractivity contribution in [2.24, 2.45) is 0 Å². The lowest BCUT2D eigenvalue weighted by molar-refractivity contribution is -0.685. The SMILES string of the molecule is CCOC(=O)c1ccc(NC(=O)C[n+]2csc(CCO)c2C)cc1.[Br-]. The third kappa shape index (κ3) is 5.91. The van der Waals surface area contributed by atoms with E-state index in [0.717, 1.165) is 10.6 Å². The van der Waals surface area contributed by atoms with Gasteiger partial charge in [-0.15, -0.1) is 0 Å². The van der Waals surface area contributed by atoms with Crippen LogP contribution in [0.25, 0.3) is 0 Å². The Kier molecular flexibility index (Phi) is 8.74. The Morgan fingerprint density at radius 3 is 2.56 bits per heavy atom. The molecule has 0 spiro atoms. The highest BCUT2D eigenvalue weighted by Gasteiger charge is 2.18. The Bertz CT molecular complexity index is 716. The molecular formula is C17H21BrN2O4S. The highest BCUT2D eigenvalue weighted by Crippen LogP contribution is 2.12. The number of hydrogen-bond acceptors (Lipinski definition) is 5. The summed E-state index contributed by atoms with van der Waals surface area (Å²) in [6.07, 6.45) is 0.598. The number of amides is 1. The van der Waals surface area contributed by atoms with Crippen molar-refractivity contribution in [1.82, 2.24) is 0 Å². The van der Waals surface area contributed by atoms with Gasteiger partial charge in [0, 0.05) is 25.6 Å². The van der Waals surface area contributed by atoms with Crippen LogP contribution < -0.4 is 26.9 Å². The van der Waals surface area contributed by atoms with Crippen molar-refractivity contribution in [3.63, 3.8) is 0 Å². The number of aliphatic hydroxyl groups excluding tert-OH is 1. The fourth-order valence-electron chi connectivity index (χ4n) is 2.21. The minimum atomic E-state index is -0.378. The van der Waals surface area contributed by atoms with Crippen LogP contribution in [0.4, 0.5) is 5.69 Å². The third-order valence-corrected chi connectivity index (χ3v) is 4.63. The first-order valence-corrected chi connectivity index (χ1v) is 8.57. The second-order valence-corrected chi connectivity index (χ2v) is 6.12. The average molecular weight is 429 g/mol.